The Bertz CT molecular complexity index is 836. The number of nitrogens with two attached hydrogens (primary N) is 1. The first-order valence-corrected chi connectivity index (χ1v) is 7.26. The van der Waals surface area contributed by atoms with E-state index in [4.69, 9.17) is 10.5 Å². The van der Waals surface area contributed by atoms with Crippen molar-refractivity contribution in [2.24, 2.45) is 0 Å². The number of benzene rings is 1. The summed E-state index contributed by atoms with van der Waals surface area (Å²) >= 11 is 0. The highest BCUT2D eigenvalue weighted by atomic mass is 19.1. The van der Waals surface area contributed by atoms with Gasteiger partial charge in [0.15, 0.2) is 5.82 Å². The van der Waals surface area contributed by atoms with Crippen molar-refractivity contribution in [3.63, 3.8) is 0 Å². The normalized spacial score (nSPS) is 11.9. The SMILES string of the molecule is Nc1ncc(F)c(-c2cc(C(COC=O)c3ccccc3)c[nH]2)n1. The molecule has 0 bridgehead atoms. The van der Waals surface area contributed by atoms with Crippen molar-refractivity contribution < 1.29 is 13.9 Å². The minimum atomic E-state index is -0.571. The van der Waals surface area contributed by atoms with Crippen molar-refractivity contribution in [2.75, 3.05) is 12.3 Å². The highest BCUT2D eigenvalue weighted by Gasteiger charge is 2.18. The molecule has 122 valence electrons. The lowest BCUT2D eigenvalue weighted by atomic mass is 9.94. The van der Waals surface area contributed by atoms with Gasteiger partial charge in [0.25, 0.3) is 6.47 Å². The Labute approximate surface area is 137 Å². The standard InChI is InChI=1S/C17H15FN4O2/c18-14-8-21-17(19)22-16(14)15-6-12(7-20-15)13(9-24-10-23)11-4-2-1-3-5-11/h1-8,10,13,20H,9H2,(H2,19,21,22). The highest BCUT2D eigenvalue weighted by molar-refractivity contribution is 5.58. The number of carbonyl (C=O) groups excluding carboxylic acids is 1. The van der Waals surface area contributed by atoms with E-state index in [-0.39, 0.29) is 24.2 Å². The first-order chi connectivity index (χ1) is 11.7. The maximum absolute atomic E-state index is 13.9. The van der Waals surface area contributed by atoms with E-state index in [0.717, 1.165) is 17.3 Å². The molecule has 0 saturated carbocycles. The molecule has 0 radical (unpaired) electrons. The van der Waals surface area contributed by atoms with Crippen molar-refractivity contribution in [3.05, 3.63) is 65.7 Å². The lowest BCUT2D eigenvalue weighted by molar-refractivity contribution is -0.128. The molecule has 6 nitrogen and oxygen atoms in total. The fourth-order valence-electron chi connectivity index (χ4n) is 2.52. The number of aromatic amines is 1. The molecule has 0 saturated heterocycles. The Kier molecular flexibility index (Phi) is 4.51. The summed E-state index contributed by atoms with van der Waals surface area (Å²) in [4.78, 5) is 21.1. The van der Waals surface area contributed by atoms with Crippen molar-refractivity contribution >= 4 is 12.4 Å². The zero-order valence-electron chi connectivity index (χ0n) is 12.6. The number of hydrogen-bond donors (Lipinski definition) is 2. The van der Waals surface area contributed by atoms with Gasteiger partial charge < -0.3 is 15.5 Å². The van der Waals surface area contributed by atoms with Gasteiger partial charge in [-0.25, -0.2) is 14.4 Å². The van der Waals surface area contributed by atoms with Crippen LogP contribution in [0.5, 0.6) is 0 Å². The lowest BCUT2D eigenvalue weighted by Gasteiger charge is -2.14. The van der Waals surface area contributed by atoms with Gasteiger partial charge in [-0.3, -0.25) is 4.79 Å². The number of nitrogens with one attached hydrogen (secondary N) is 1. The van der Waals surface area contributed by atoms with E-state index >= 15 is 0 Å². The fraction of sp³-hybridized carbons (Fsp3) is 0.118. The molecule has 3 rings (SSSR count). The summed E-state index contributed by atoms with van der Waals surface area (Å²) in [5.41, 5.74) is 7.92. The van der Waals surface area contributed by atoms with Crippen LogP contribution in [0.1, 0.15) is 17.0 Å². The minimum absolute atomic E-state index is 0.00792. The van der Waals surface area contributed by atoms with E-state index in [0.29, 0.717) is 12.2 Å². The molecule has 3 N–H and O–H groups in total. The van der Waals surface area contributed by atoms with Crippen LogP contribution in [0.25, 0.3) is 11.4 Å². The second-order valence-corrected chi connectivity index (χ2v) is 5.16. The van der Waals surface area contributed by atoms with Gasteiger partial charge in [-0.05, 0) is 17.2 Å². The van der Waals surface area contributed by atoms with Gasteiger partial charge >= 0.3 is 0 Å². The van der Waals surface area contributed by atoms with Gasteiger partial charge in [0.2, 0.25) is 5.95 Å². The van der Waals surface area contributed by atoms with Crippen LogP contribution in [0.3, 0.4) is 0 Å². The van der Waals surface area contributed by atoms with Crippen LogP contribution in [-0.4, -0.2) is 28.0 Å². The average Bonchev–Trinajstić information content (AvgIpc) is 3.08. The van der Waals surface area contributed by atoms with Crippen LogP contribution in [0.2, 0.25) is 0 Å². The molecular formula is C17H15FN4O2. The molecule has 0 spiro atoms. The molecule has 2 aromatic heterocycles. The number of nitrogen functional groups attached to an aromatic ring is 1. The predicted molar refractivity (Wildman–Crippen MR) is 86.5 cm³/mol. The van der Waals surface area contributed by atoms with Gasteiger partial charge in [-0.15, -0.1) is 0 Å². The highest BCUT2D eigenvalue weighted by Crippen LogP contribution is 2.29. The number of anilines is 1. The van der Waals surface area contributed by atoms with Gasteiger partial charge in [-0.1, -0.05) is 30.3 Å². The van der Waals surface area contributed by atoms with Crippen molar-refractivity contribution in [2.45, 2.75) is 5.92 Å². The van der Waals surface area contributed by atoms with E-state index in [9.17, 15) is 9.18 Å². The third kappa shape index (κ3) is 3.24. The Morgan fingerprint density at radius 2 is 2.08 bits per heavy atom. The van der Waals surface area contributed by atoms with E-state index in [1.54, 1.807) is 12.3 Å². The molecule has 24 heavy (non-hydrogen) atoms. The number of nitrogens with zero attached hydrogens (tertiary/aromatic N) is 2. The number of halogens is 1. The number of aromatic nitrogens is 3. The number of rotatable bonds is 6. The number of carbonyl (C=O) groups is 1. The van der Waals surface area contributed by atoms with E-state index in [2.05, 4.69) is 15.0 Å². The van der Waals surface area contributed by atoms with Crippen LogP contribution in [0.4, 0.5) is 10.3 Å². The molecule has 0 aliphatic carbocycles. The molecular weight excluding hydrogens is 311 g/mol. The molecule has 0 fully saturated rings. The van der Waals surface area contributed by atoms with Crippen LogP contribution in [0, 0.1) is 5.82 Å². The summed E-state index contributed by atoms with van der Waals surface area (Å²) in [6, 6.07) is 11.4. The van der Waals surface area contributed by atoms with Gasteiger partial charge in [-0.2, -0.15) is 0 Å². The monoisotopic (exact) mass is 326 g/mol. The Balaban J connectivity index is 1.97. The molecule has 1 unspecified atom stereocenters. The third-order valence-electron chi connectivity index (χ3n) is 3.66. The van der Waals surface area contributed by atoms with E-state index in [1.807, 2.05) is 30.3 Å². The Morgan fingerprint density at radius 3 is 2.83 bits per heavy atom. The summed E-state index contributed by atoms with van der Waals surface area (Å²) in [6.07, 6.45) is 2.77. The quantitative estimate of drug-likeness (QED) is 0.679. The molecule has 0 aliphatic rings. The third-order valence-corrected chi connectivity index (χ3v) is 3.66. The zero-order valence-corrected chi connectivity index (χ0v) is 12.6. The average molecular weight is 326 g/mol. The van der Waals surface area contributed by atoms with E-state index < -0.39 is 5.82 Å². The van der Waals surface area contributed by atoms with Gasteiger partial charge in [0, 0.05) is 12.1 Å². The zero-order chi connectivity index (χ0) is 16.9. The first-order valence-electron chi connectivity index (χ1n) is 7.26. The van der Waals surface area contributed by atoms with Crippen molar-refractivity contribution in [1.82, 2.24) is 15.0 Å². The summed E-state index contributed by atoms with van der Waals surface area (Å²) in [5.74, 6) is -0.756. The molecule has 0 amide bonds. The molecule has 1 aromatic carbocycles. The molecule has 1 atom stereocenters. The molecule has 0 aliphatic heterocycles. The summed E-state index contributed by atoms with van der Waals surface area (Å²) in [5, 5.41) is 0. The number of ether oxygens (including phenoxy) is 1. The predicted octanol–water partition coefficient (Wildman–Crippen LogP) is 2.50. The maximum atomic E-state index is 13.9. The van der Waals surface area contributed by atoms with Crippen LogP contribution in [-0.2, 0) is 9.53 Å². The van der Waals surface area contributed by atoms with Crippen molar-refractivity contribution in [1.29, 1.82) is 0 Å². The molecule has 3 aromatic rings. The first kappa shape index (κ1) is 15.7. The van der Waals surface area contributed by atoms with Crippen molar-refractivity contribution in [3.8, 4) is 11.4 Å². The van der Waals surface area contributed by atoms with Crippen LogP contribution in [0.15, 0.2) is 48.8 Å². The summed E-state index contributed by atoms with van der Waals surface area (Å²) in [6.45, 7) is 0.591. The largest absolute Gasteiger partial charge is 0.467 e. The van der Waals surface area contributed by atoms with Crippen LogP contribution < -0.4 is 5.73 Å². The number of hydrogen-bond acceptors (Lipinski definition) is 5. The maximum Gasteiger partial charge on any atom is 0.293 e. The summed E-state index contributed by atoms with van der Waals surface area (Å²) < 4.78 is 18.9. The second kappa shape index (κ2) is 6.91. The molecule has 2 heterocycles. The smallest absolute Gasteiger partial charge is 0.293 e. The van der Waals surface area contributed by atoms with Gasteiger partial charge in [0.1, 0.15) is 12.3 Å². The Hall–Kier alpha value is -3.22. The van der Waals surface area contributed by atoms with Gasteiger partial charge in [0.05, 0.1) is 11.9 Å². The van der Waals surface area contributed by atoms with Crippen LogP contribution >= 0.6 is 0 Å². The fourth-order valence-corrected chi connectivity index (χ4v) is 2.52. The second-order valence-electron chi connectivity index (χ2n) is 5.16. The van der Waals surface area contributed by atoms with E-state index in [1.165, 1.54) is 0 Å². The molecule has 7 heteroatoms. The minimum Gasteiger partial charge on any atom is -0.467 e. The Morgan fingerprint density at radius 1 is 1.29 bits per heavy atom. The topological polar surface area (TPSA) is 93.9 Å². The number of H-pyrrole nitrogens is 1. The summed E-state index contributed by atoms with van der Waals surface area (Å²) in [7, 11) is 0. The lowest BCUT2D eigenvalue weighted by Crippen LogP contribution is -2.08.